The first-order chi connectivity index (χ1) is 13.8. The van der Waals surface area contributed by atoms with E-state index in [0.717, 1.165) is 27.1 Å². The lowest BCUT2D eigenvalue weighted by Gasteiger charge is -2.37. The van der Waals surface area contributed by atoms with Crippen LogP contribution in [0.25, 0.3) is 21.5 Å². The van der Waals surface area contributed by atoms with Gasteiger partial charge >= 0.3 is 12.0 Å². The predicted molar refractivity (Wildman–Crippen MR) is 109 cm³/mol. The molecule has 2 aliphatic heterocycles. The molecule has 2 heterocycles. The summed E-state index contributed by atoms with van der Waals surface area (Å²) >= 11 is 0. The summed E-state index contributed by atoms with van der Waals surface area (Å²) < 4.78 is 19.1. The van der Waals surface area contributed by atoms with Gasteiger partial charge in [0.05, 0.1) is 0 Å². The molecule has 6 rings (SSSR count). The standard InChI is InChI=1S/C24H17NO3/c1-15-25-24(16-9-3-2-4-10-16)23(26-15)27-21-19-13-7-5-11-17(19)18-12-6-8-14-20(18)22(21)28-24/h2-14,23H,1H3. The number of benzene rings is 4. The molecule has 0 amide bonds. The summed E-state index contributed by atoms with van der Waals surface area (Å²) in [7, 11) is 0. The maximum atomic E-state index is 6.68. The van der Waals surface area contributed by atoms with Crippen LogP contribution < -0.4 is 9.47 Å². The maximum Gasteiger partial charge on any atom is 0.308 e. The molecule has 4 heteroatoms. The third-order valence-electron chi connectivity index (χ3n) is 5.43. The number of fused-ring (bicyclic) bond motifs is 7. The fourth-order valence-corrected chi connectivity index (χ4v) is 4.22. The van der Waals surface area contributed by atoms with Crippen molar-refractivity contribution in [2.24, 2.45) is 4.99 Å². The Bertz CT molecular complexity index is 1270. The van der Waals surface area contributed by atoms with Gasteiger partial charge in [-0.25, -0.2) is 0 Å². The number of hydrogen-bond acceptors (Lipinski definition) is 4. The normalized spacial score (nSPS) is 22.6. The second kappa shape index (κ2) is 5.49. The fraction of sp³-hybridized carbons (Fsp3) is 0.125. The molecule has 4 aromatic rings. The van der Waals surface area contributed by atoms with Crippen LogP contribution in [-0.4, -0.2) is 12.2 Å². The zero-order chi connectivity index (χ0) is 18.7. The van der Waals surface area contributed by atoms with E-state index in [9.17, 15) is 0 Å². The second-order valence-electron chi connectivity index (χ2n) is 7.11. The average molecular weight is 367 g/mol. The van der Waals surface area contributed by atoms with Crippen LogP contribution >= 0.6 is 0 Å². The summed E-state index contributed by atoms with van der Waals surface area (Å²) in [5.41, 5.74) is -0.149. The Morgan fingerprint density at radius 2 is 1.25 bits per heavy atom. The molecular formula is C24H17NO3. The lowest BCUT2D eigenvalue weighted by atomic mass is 9.97. The summed E-state index contributed by atoms with van der Waals surface area (Å²) in [5, 5.41) is 4.26. The molecule has 0 saturated carbocycles. The van der Waals surface area contributed by atoms with Gasteiger partial charge < -0.3 is 14.2 Å². The number of nitrogens with zero attached hydrogens (tertiary/aromatic N) is 1. The van der Waals surface area contributed by atoms with E-state index < -0.39 is 12.0 Å². The highest BCUT2D eigenvalue weighted by atomic mass is 16.7. The van der Waals surface area contributed by atoms with Gasteiger partial charge in [-0.1, -0.05) is 78.9 Å². The highest BCUT2D eigenvalue weighted by Crippen LogP contribution is 2.53. The van der Waals surface area contributed by atoms with Gasteiger partial charge in [0.1, 0.15) is 0 Å². The highest BCUT2D eigenvalue weighted by molar-refractivity contribution is 6.13. The van der Waals surface area contributed by atoms with E-state index in [4.69, 9.17) is 19.2 Å². The van der Waals surface area contributed by atoms with E-state index in [1.165, 1.54) is 0 Å². The monoisotopic (exact) mass is 367 g/mol. The SMILES string of the molecule is CC1=NC2(c3ccccc3)Oc3c(c4ccccc4c4ccccc34)OC2O1. The molecule has 0 fully saturated rings. The van der Waals surface area contributed by atoms with Gasteiger partial charge in [-0.2, -0.15) is 4.99 Å². The third-order valence-corrected chi connectivity index (χ3v) is 5.43. The number of aliphatic imine (C=N–C) groups is 1. The van der Waals surface area contributed by atoms with Crippen LogP contribution in [0.15, 0.2) is 83.9 Å². The molecular weight excluding hydrogens is 350 g/mol. The van der Waals surface area contributed by atoms with E-state index >= 15 is 0 Å². The fourth-order valence-electron chi connectivity index (χ4n) is 4.22. The van der Waals surface area contributed by atoms with Gasteiger partial charge in [0.2, 0.25) is 0 Å². The van der Waals surface area contributed by atoms with E-state index in [-0.39, 0.29) is 0 Å². The Labute approximate surface area is 162 Å². The van der Waals surface area contributed by atoms with E-state index in [1.54, 1.807) is 0 Å². The summed E-state index contributed by atoms with van der Waals surface area (Å²) in [4.78, 5) is 4.75. The minimum atomic E-state index is -1.05. The van der Waals surface area contributed by atoms with Gasteiger partial charge in [0, 0.05) is 23.3 Å². The van der Waals surface area contributed by atoms with Crippen LogP contribution in [0, 0.1) is 0 Å². The van der Waals surface area contributed by atoms with Crippen molar-refractivity contribution in [3.63, 3.8) is 0 Å². The number of rotatable bonds is 1. The Morgan fingerprint density at radius 1 is 0.679 bits per heavy atom. The van der Waals surface area contributed by atoms with Crippen LogP contribution in [0.1, 0.15) is 12.5 Å². The van der Waals surface area contributed by atoms with E-state index in [1.807, 2.05) is 61.5 Å². The van der Waals surface area contributed by atoms with Gasteiger partial charge in [-0.15, -0.1) is 0 Å². The van der Waals surface area contributed by atoms with Gasteiger partial charge in [0.25, 0.3) is 0 Å². The maximum absolute atomic E-state index is 6.68. The molecule has 2 atom stereocenters. The van der Waals surface area contributed by atoms with Crippen LogP contribution in [0.2, 0.25) is 0 Å². The van der Waals surface area contributed by atoms with E-state index in [2.05, 4.69) is 24.3 Å². The minimum absolute atomic E-state index is 0.551. The first-order valence-electron chi connectivity index (χ1n) is 9.34. The largest absolute Gasteiger partial charge is 0.450 e. The molecule has 0 spiro atoms. The van der Waals surface area contributed by atoms with Crippen molar-refractivity contribution in [1.29, 1.82) is 0 Å². The Hall–Kier alpha value is -3.53. The van der Waals surface area contributed by atoms with Crippen molar-refractivity contribution in [3.05, 3.63) is 84.4 Å². The Morgan fingerprint density at radius 3 is 1.93 bits per heavy atom. The first kappa shape index (κ1) is 15.5. The quantitative estimate of drug-likeness (QED) is 0.423. The van der Waals surface area contributed by atoms with Crippen molar-refractivity contribution in [2.75, 3.05) is 0 Å². The van der Waals surface area contributed by atoms with Crippen LogP contribution in [0.4, 0.5) is 0 Å². The first-order valence-corrected chi connectivity index (χ1v) is 9.34. The van der Waals surface area contributed by atoms with Crippen molar-refractivity contribution in [3.8, 4) is 11.5 Å². The molecule has 4 nitrogen and oxygen atoms in total. The topological polar surface area (TPSA) is 40.0 Å². The highest BCUT2D eigenvalue weighted by Gasteiger charge is 2.55. The molecule has 0 N–H and O–H groups in total. The predicted octanol–water partition coefficient (Wildman–Crippen LogP) is 5.39. The molecule has 136 valence electrons. The number of ether oxygens (including phenoxy) is 3. The van der Waals surface area contributed by atoms with Gasteiger partial charge in [-0.05, 0) is 10.8 Å². The van der Waals surface area contributed by atoms with Crippen LogP contribution in [0.3, 0.4) is 0 Å². The lowest BCUT2D eigenvalue weighted by molar-refractivity contribution is -0.144. The van der Waals surface area contributed by atoms with Crippen LogP contribution in [0.5, 0.6) is 11.5 Å². The summed E-state index contributed by atoms with van der Waals surface area (Å²) in [5.74, 6) is 1.96. The molecule has 2 unspecified atom stereocenters. The lowest BCUT2D eigenvalue weighted by Crippen LogP contribution is -2.47. The van der Waals surface area contributed by atoms with Crippen molar-refractivity contribution in [1.82, 2.24) is 0 Å². The molecule has 4 aromatic carbocycles. The zero-order valence-electron chi connectivity index (χ0n) is 15.3. The minimum Gasteiger partial charge on any atom is -0.450 e. The third kappa shape index (κ3) is 1.97. The molecule has 0 bridgehead atoms. The molecule has 28 heavy (non-hydrogen) atoms. The summed E-state index contributed by atoms with van der Waals surface area (Å²) in [6.07, 6.45) is -0.674. The molecule has 0 radical (unpaired) electrons. The molecule has 0 aromatic heterocycles. The Kier molecular flexibility index (Phi) is 3.04. The molecule has 0 saturated heterocycles. The number of hydrogen-bond donors (Lipinski definition) is 0. The molecule has 0 aliphatic carbocycles. The van der Waals surface area contributed by atoms with Crippen LogP contribution in [-0.2, 0) is 10.5 Å². The average Bonchev–Trinajstić information content (AvgIpc) is 3.09. The van der Waals surface area contributed by atoms with Gasteiger partial charge in [-0.3, -0.25) is 0 Å². The van der Waals surface area contributed by atoms with Crippen molar-refractivity contribution < 1.29 is 14.2 Å². The summed E-state index contributed by atoms with van der Waals surface area (Å²) in [6, 6.07) is 26.4. The summed E-state index contributed by atoms with van der Waals surface area (Å²) in [6.45, 7) is 1.83. The Balaban J connectivity index is 1.68. The van der Waals surface area contributed by atoms with Crippen molar-refractivity contribution >= 4 is 27.4 Å². The van der Waals surface area contributed by atoms with Gasteiger partial charge in [0.15, 0.2) is 17.4 Å². The second-order valence-corrected chi connectivity index (χ2v) is 7.11. The van der Waals surface area contributed by atoms with Crippen molar-refractivity contribution in [2.45, 2.75) is 18.9 Å². The van der Waals surface area contributed by atoms with E-state index in [0.29, 0.717) is 17.4 Å². The molecule has 2 aliphatic rings. The smallest absolute Gasteiger partial charge is 0.308 e. The zero-order valence-corrected chi connectivity index (χ0v) is 15.3.